The van der Waals surface area contributed by atoms with Crippen LogP contribution in [0.5, 0.6) is 0 Å². The minimum atomic E-state index is 0.629. The number of rotatable bonds is 4. The second-order valence-corrected chi connectivity index (χ2v) is 6.06. The zero-order chi connectivity index (χ0) is 13.8. The number of hydrogen-bond donors (Lipinski definition) is 1. The molecule has 1 heterocycles. The largest absolute Gasteiger partial charge is 0.369 e. The molecule has 0 saturated carbocycles. The molecule has 2 rings (SSSR count). The Hall–Kier alpha value is -1.02. The van der Waals surface area contributed by atoms with Gasteiger partial charge in [0.1, 0.15) is 0 Å². The van der Waals surface area contributed by atoms with E-state index in [4.69, 9.17) is 0 Å². The Morgan fingerprint density at radius 1 is 1.21 bits per heavy atom. The van der Waals surface area contributed by atoms with Crippen LogP contribution < -0.4 is 10.2 Å². The molecule has 1 aliphatic rings. The number of piperidine rings is 1. The quantitative estimate of drug-likeness (QED) is 0.889. The van der Waals surface area contributed by atoms with Gasteiger partial charge in [-0.2, -0.15) is 0 Å². The minimum absolute atomic E-state index is 0.629. The molecule has 2 nitrogen and oxygen atoms in total. The van der Waals surface area contributed by atoms with Gasteiger partial charge in [-0.25, -0.2) is 0 Å². The predicted octanol–water partition coefficient (Wildman–Crippen LogP) is 3.66. The number of benzene rings is 1. The molecule has 0 bridgehead atoms. The van der Waals surface area contributed by atoms with E-state index in [0.717, 1.165) is 6.54 Å². The lowest BCUT2D eigenvalue weighted by molar-refractivity contribution is 0.369. The Bertz CT molecular complexity index is 393. The Kier molecular flexibility index (Phi) is 4.87. The lowest BCUT2D eigenvalue weighted by Crippen LogP contribution is -2.47. The topological polar surface area (TPSA) is 15.3 Å². The van der Waals surface area contributed by atoms with E-state index in [1.165, 1.54) is 42.6 Å². The molecule has 0 aromatic heterocycles. The standard InChI is InChI=1S/C17H28N2/c1-5-7-18-16-6-8-19(15(4)12-16)17-10-13(2)9-14(3)11-17/h9-11,15-16,18H,5-8,12H2,1-4H3. The van der Waals surface area contributed by atoms with Crippen molar-refractivity contribution in [2.24, 2.45) is 0 Å². The molecule has 2 unspecified atom stereocenters. The van der Waals surface area contributed by atoms with E-state index in [1.54, 1.807) is 0 Å². The van der Waals surface area contributed by atoms with Crippen LogP contribution in [0.1, 0.15) is 44.2 Å². The highest BCUT2D eigenvalue weighted by Crippen LogP contribution is 2.26. The first-order valence-corrected chi connectivity index (χ1v) is 7.68. The average Bonchev–Trinajstić information content (AvgIpc) is 2.35. The third-order valence-corrected chi connectivity index (χ3v) is 4.10. The van der Waals surface area contributed by atoms with Crippen molar-refractivity contribution in [1.29, 1.82) is 0 Å². The first-order valence-electron chi connectivity index (χ1n) is 7.68. The van der Waals surface area contributed by atoms with Gasteiger partial charge < -0.3 is 10.2 Å². The van der Waals surface area contributed by atoms with Crippen LogP contribution in [0.2, 0.25) is 0 Å². The molecule has 19 heavy (non-hydrogen) atoms. The van der Waals surface area contributed by atoms with E-state index in [9.17, 15) is 0 Å². The summed E-state index contributed by atoms with van der Waals surface area (Å²) in [5, 5.41) is 3.67. The fourth-order valence-electron chi connectivity index (χ4n) is 3.21. The van der Waals surface area contributed by atoms with Crippen molar-refractivity contribution in [3.05, 3.63) is 29.3 Å². The minimum Gasteiger partial charge on any atom is -0.369 e. The van der Waals surface area contributed by atoms with Crippen LogP contribution in [-0.4, -0.2) is 25.2 Å². The first-order chi connectivity index (χ1) is 9.10. The highest BCUT2D eigenvalue weighted by Gasteiger charge is 2.25. The lowest BCUT2D eigenvalue weighted by atomic mass is 9.96. The van der Waals surface area contributed by atoms with Gasteiger partial charge >= 0.3 is 0 Å². The summed E-state index contributed by atoms with van der Waals surface area (Å²) >= 11 is 0. The number of anilines is 1. The van der Waals surface area contributed by atoms with Crippen LogP contribution in [0, 0.1) is 13.8 Å². The van der Waals surface area contributed by atoms with E-state index >= 15 is 0 Å². The van der Waals surface area contributed by atoms with Crippen molar-refractivity contribution in [2.75, 3.05) is 18.0 Å². The molecule has 1 aliphatic heterocycles. The Morgan fingerprint density at radius 2 is 1.89 bits per heavy atom. The van der Waals surface area contributed by atoms with Crippen molar-refractivity contribution in [3.63, 3.8) is 0 Å². The summed E-state index contributed by atoms with van der Waals surface area (Å²) in [6, 6.07) is 8.23. The summed E-state index contributed by atoms with van der Waals surface area (Å²) in [4.78, 5) is 2.57. The molecule has 0 spiro atoms. The van der Waals surface area contributed by atoms with E-state index in [1.807, 2.05) is 0 Å². The highest BCUT2D eigenvalue weighted by molar-refractivity contribution is 5.52. The number of nitrogens with zero attached hydrogens (tertiary/aromatic N) is 1. The summed E-state index contributed by atoms with van der Waals surface area (Å²) in [7, 11) is 0. The van der Waals surface area contributed by atoms with Gasteiger partial charge in [-0.3, -0.25) is 0 Å². The molecule has 1 N–H and O–H groups in total. The third-order valence-electron chi connectivity index (χ3n) is 4.10. The van der Waals surface area contributed by atoms with Gasteiger partial charge in [0, 0.05) is 24.3 Å². The van der Waals surface area contributed by atoms with Gasteiger partial charge in [0.15, 0.2) is 0 Å². The molecule has 1 fully saturated rings. The Morgan fingerprint density at radius 3 is 2.47 bits per heavy atom. The van der Waals surface area contributed by atoms with E-state index in [-0.39, 0.29) is 0 Å². The molecule has 106 valence electrons. The Balaban J connectivity index is 2.02. The van der Waals surface area contributed by atoms with E-state index in [2.05, 4.69) is 56.1 Å². The third kappa shape index (κ3) is 3.73. The maximum atomic E-state index is 3.67. The van der Waals surface area contributed by atoms with Crippen LogP contribution in [0.4, 0.5) is 5.69 Å². The summed E-state index contributed by atoms with van der Waals surface area (Å²) in [5.74, 6) is 0. The second-order valence-electron chi connectivity index (χ2n) is 6.06. The summed E-state index contributed by atoms with van der Waals surface area (Å²) in [5.41, 5.74) is 4.14. The van der Waals surface area contributed by atoms with Gasteiger partial charge in [-0.1, -0.05) is 13.0 Å². The van der Waals surface area contributed by atoms with Crippen molar-refractivity contribution in [1.82, 2.24) is 5.32 Å². The molecule has 2 atom stereocenters. The molecular formula is C17H28N2. The van der Waals surface area contributed by atoms with Crippen molar-refractivity contribution >= 4 is 5.69 Å². The maximum absolute atomic E-state index is 3.67. The van der Waals surface area contributed by atoms with Gasteiger partial charge in [0.25, 0.3) is 0 Å². The van der Waals surface area contributed by atoms with Gasteiger partial charge in [0.05, 0.1) is 0 Å². The smallest absolute Gasteiger partial charge is 0.0373 e. The summed E-state index contributed by atoms with van der Waals surface area (Å²) in [6.07, 6.45) is 3.75. The van der Waals surface area contributed by atoms with E-state index in [0.29, 0.717) is 12.1 Å². The SMILES string of the molecule is CCCNC1CCN(c2cc(C)cc(C)c2)C(C)C1. The number of aryl methyl sites for hydroxylation is 2. The summed E-state index contributed by atoms with van der Waals surface area (Å²) in [6.45, 7) is 11.3. The van der Waals surface area contributed by atoms with Crippen molar-refractivity contribution in [2.45, 2.75) is 59.0 Å². The van der Waals surface area contributed by atoms with Crippen LogP contribution in [-0.2, 0) is 0 Å². The normalized spacial score (nSPS) is 23.7. The van der Waals surface area contributed by atoms with Crippen molar-refractivity contribution in [3.8, 4) is 0 Å². The van der Waals surface area contributed by atoms with Gasteiger partial charge in [-0.05, 0) is 69.8 Å². The molecule has 0 radical (unpaired) electrons. The van der Waals surface area contributed by atoms with E-state index < -0.39 is 0 Å². The van der Waals surface area contributed by atoms with Crippen LogP contribution in [0.25, 0.3) is 0 Å². The van der Waals surface area contributed by atoms with Crippen LogP contribution >= 0.6 is 0 Å². The highest BCUT2D eigenvalue weighted by atomic mass is 15.2. The van der Waals surface area contributed by atoms with Crippen molar-refractivity contribution < 1.29 is 0 Å². The maximum Gasteiger partial charge on any atom is 0.0373 e. The monoisotopic (exact) mass is 260 g/mol. The number of hydrogen-bond acceptors (Lipinski definition) is 2. The van der Waals surface area contributed by atoms with Gasteiger partial charge in [0.2, 0.25) is 0 Å². The predicted molar refractivity (Wildman–Crippen MR) is 84.0 cm³/mol. The second kappa shape index (κ2) is 6.42. The van der Waals surface area contributed by atoms with Crippen LogP contribution in [0.3, 0.4) is 0 Å². The fourth-order valence-corrected chi connectivity index (χ4v) is 3.21. The van der Waals surface area contributed by atoms with Crippen LogP contribution in [0.15, 0.2) is 18.2 Å². The molecule has 1 aromatic carbocycles. The molecule has 0 amide bonds. The molecule has 2 heteroatoms. The molecule has 1 aromatic rings. The lowest BCUT2D eigenvalue weighted by Gasteiger charge is -2.40. The molecular weight excluding hydrogens is 232 g/mol. The fraction of sp³-hybridized carbons (Fsp3) is 0.647. The average molecular weight is 260 g/mol. The molecule has 0 aliphatic carbocycles. The zero-order valence-corrected chi connectivity index (χ0v) is 12.9. The Labute approximate surface area is 118 Å². The first kappa shape index (κ1) is 14.4. The number of nitrogens with one attached hydrogen (secondary N) is 1. The zero-order valence-electron chi connectivity index (χ0n) is 12.9. The summed E-state index contributed by atoms with van der Waals surface area (Å²) < 4.78 is 0. The van der Waals surface area contributed by atoms with Gasteiger partial charge in [-0.15, -0.1) is 0 Å². The molecule has 1 saturated heterocycles.